The number of hydrogen-bond acceptors (Lipinski definition) is 4. The maximum atomic E-state index is 13.7. The summed E-state index contributed by atoms with van der Waals surface area (Å²) < 4.78 is 53.6. The van der Waals surface area contributed by atoms with E-state index < -0.39 is 33.2 Å². The number of hydrogen-bond donors (Lipinski definition) is 2. The number of nitrogens with one attached hydrogen (secondary N) is 1. The van der Waals surface area contributed by atoms with Gasteiger partial charge in [-0.15, -0.1) is 0 Å². The fourth-order valence-corrected chi connectivity index (χ4v) is 2.93. The molecule has 0 fully saturated rings. The quantitative estimate of drug-likeness (QED) is 0.904. The number of anilines is 1. The number of benzene rings is 1. The largest absolute Gasteiger partial charge is 0.392 e. The van der Waals surface area contributed by atoms with Gasteiger partial charge in [-0.25, -0.2) is 17.2 Å². The molecule has 21 heavy (non-hydrogen) atoms. The van der Waals surface area contributed by atoms with Crippen LogP contribution in [0, 0.1) is 18.6 Å². The Bertz CT molecular complexity index is 779. The van der Waals surface area contributed by atoms with Crippen LogP contribution < -0.4 is 4.72 Å². The number of aryl methyl sites for hydroxylation is 1. The highest BCUT2D eigenvalue weighted by molar-refractivity contribution is 7.92. The lowest BCUT2D eigenvalue weighted by Gasteiger charge is -2.11. The summed E-state index contributed by atoms with van der Waals surface area (Å²) in [5, 5.41) is 8.96. The van der Waals surface area contributed by atoms with Gasteiger partial charge in [0.1, 0.15) is 4.90 Å². The lowest BCUT2D eigenvalue weighted by molar-refractivity contribution is 0.280. The number of rotatable bonds is 4. The Morgan fingerprint density at radius 2 is 2.05 bits per heavy atom. The van der Waals surface area contributed by atoms with Crippen molar-refractivity contribution in [2.45, 2.75) is 18.4 Å². The highest BCUT2D eigenvalue weighted by Crippen LogP contribution is 2.23. The molecule has 0 atom stereocenters. The van der Waals surface area contributed by atoms with Crippen molar-refractivity contribution >= 4 is 15.7 Å². The van der Waals surface area contributed by atoms with Gasteiger partial charge < -0.3 is 5.11 Å². The molecule has 0 spiro atoms. The molecule has 1 aromatic carbocycles. The fourth-order valence-electron chi connectivity index (χ4n) is 1.67. The van der Waals surface area contributed by atoms with Gasteiger partial charge in [0.2, 0.25) is 0 Å². The van der Waals surface area contributed by atoms with Gasteiger partial charge in [-0.1, -0.05) is 0 Å². The van der Waals surface area contributed by atoms with Crippen LogP contribution in [0.15, 0.2) is 35.5 Å². The van der Waals surface area contributed by atoms with E-state index in [9.17, 15) is 17.2 Å². The molecular weight excluding hydrogens is 302 g/mol. The van der Waals surface area contributed by atoms with Crippen molar-refractivity contribution in [3.63, 3.8) is 0 Å². The first-order valence-electron chi connectivity index (χ1n) is 5.87. The van der Waals surface area contributed by atoms with Crippen LogP contribution in [-0.4, -0.2) is 18.5 Å². The number of aliphatic hydroxyl groups excluding tert-OH is 1. The third-order valence-electron chi connectivity index (χ3n) is 2.81. The zero-order valence-electron chi connectivity index (χ0n) is 11.0. The van der Waals surface area contributed by atoms with Crippen molar-refractivity contribution in [1.82, 2.24) is 4.98 Å². The first kappa shape index (κ1) is 15.3. The zero-order valence-corrected chi connectivity index (χ0v) is 11.8. The molecule has 0 aliphatic carbocycles. The first-order valence-corrected chi connectivity index (χ1v) is 7.35. The summed E-state index contributed by atoms with van der Waals surface area (Å²) in [6.07, 6.45) is 2.73. The number of sulfonamides is 1. The van der Waals surface area contributed by atoms with Crippen molar-refractivity contribution in [3.8, 4) is 0 Å². The summed E-state index contributed by atoms with van der Waals surface area (Å²) in [4.78, 5) is 2.90. The SMILES string of the molecule is Cc1ccncc1NS(=O)(=O)c1cc(CO)cc(F)c1F. The summed E-state index contributed by atoms with van der Waals surface area (Å²) in [5.74, 6) is -2.84. The molecule has 1 heterocycles. The molecule has 2 N–H and O–H groups in total. The van der Waals surface area contributed by atoms with Crippen molar-refractivity contribution in [3.05, 3.63) is 53.4 Å². The van der Waals surface area contributed by atoms with E-state index in [1.54, 1.807) is 13.0 Å². The average molecular weight is 314 g/mol. The molecular formula is C13H12F2N2O3S. The molecule has 0 unspecified atom stereocenters. The topological polar surface area (TPSA) is 79.3 Å². The van der Waals surface area contributed by atoms with Crippen LogP contribution in [0.2, 0.25) is 0 Å². The second kappa shape index (κ2) is 5.74. The van der Waals surface area contributed by atoms with Crippen LogP contribution in [-0.2, 0) is 16.6 Å². The van der Waals surface area contributed by atoms with Crippen LogP contribution in [0.4, 0.5) is 14.5 Å². The third-order valence-corrected chi connectivity index (χ3v) is 4.17. The zero-order chi connectivity index (χ0) is 15.6. The third kappa shape index (κ3) is 3.17. The molecule has 0 saturated heterocycles. The number of nitrogens with zero attached hydrogens (tertiary/aromatic N) is 1. The molecule has 0 saturated carbocycles. The van der Waals surface area contributed by atoms with E-state index in [-0.39, 0.29) is 11.3 Å². The van der Waals surface area contributed by atoms with E-state index in [1.807, 2.05) is 0 Å². The number of halogens is 2. The maximum Gasteiger partial charge on any atom is 0.264 e. The van der Waals surface area contributed by atoms with Crippen molar-refractivity contribution in [1.29, 1.82) is 0 Å². The molecule has 0 radical (unpaired) electrons. The van der Waals surface area contributed by atoms with Crippen LogP contribution in [0.5, 0.6) is 0 Å². The Morgan fingerprint density at radius 1 is 1.33 bits per heavy atom. The van der Waals surface area contributed by atoms with E-state index >= 15 is 0 Å². The standard InChI is InChI=1S/C13H12F2N2O3S/c1-8-2-3-16-6-11(8)17-21(19,20)12-5-9(7-18)4-10(14)13(12)15/h2-6,17-18H,7H2,1H3. The Hall–Kier alpha value is -2.06. The Kier molecular flexibility index (Phi) is 4.19. The van der Waals surface area contributed by atoms with Gasteiger partial charge in [-0.2, -0.15) is 0 Å². The van der Waals surface area contributed by atoms with Crippen LogP contribution >= 0.6 is 0 Å². The molecule has 112 valence electrons. The lowest BCUT2D eigenvalue weighted by atomic mass is 10.2. The first-order chi connectivity index (χ1) is 9.85. The van der Waals surface area contributed by atoms with Crippen molar-refractivity contribution in [2.75, 3.05) is 4.72 Å². The van der Waals surface area contributed by atoms with E-state index in [0.29, 0.717) is 5.56 Å². The predicted molar refractivity (Wildman–Crippen MR) is 72.1 cm³/mol. The summed E-state index contributed by atoms with van der Waals surface area (Å²) in [7, 11) is -4.34. The molecule has 8 heteroatoms. The summed E-state index contributed by atoms with van der Waals surface area (Å²) in [5.41, 5.74) is 0.691. The fraction of sp³-hybridized carbons (Fsp3) is 0.154. The van der Waals surface area contributed by atoms with E-state index in [1.165, 1.54) is 12.4 Å². The predicted octanol–water partition coefficient (Wildman–Crippen LogP) is 1.96. The monoisotopic (exact) mass is 314 g/mol. The molecule has 1 aromatic heterocycles. The van der Waals surface area contributed by atoms with E-state index in [4.69, 9.17) is 5.11 Å². The second-order valence-corrected chi connectivity index (χ2v) is 5.99. The molecule has 0 aliphatic rings. The second-order valence-electron chi connectivity index (χ2n) is 4.34. The minimum atomic E-state index is -4.34. The van der Waals surface area contributed by atoms with Crippen molar-refractivity contribution in [2.24, 2.45) is 0 Å². The minimum Gasteiger partial charge on any atom is -0.392 e. The van der Waals surface area contributed by atoms with Gasteiger partial charge >= 0.3 is 0 Å². The van der Waals surface area contributed by atoms with E-state index in [2.05, 4.69) is 9.71 Å². The summed E-state index contributed by atoms with van der Waals surface area (Å²) >= 11 is 0. The number of pyridine rings is 1. The highest BCUT2D eigenvalue weighted by Gasteiger charge is 2.23. The highest BCUT2D eigenvalue weighted by atomic mass is 32.2. The molecule has 2 aromatic rings. The summed E-state index contributed by atoms with van der Waals surface area (Å²) in [6, 6.07) is 3.19. The Morgan fingerprint density at radius 3 is 2.67 bits per heavy atom. The Labute approximate surface area is 120 Å². The van der Waals surface area contributed by atoms with Crippen LogP contribution in [0.1, 0.15) is 11.1 Å². The molecule has 0 bridgehead atoms. The van der Waals surface area contributed by atoms with Crippen LogP contribution in [0.3, 0.4) is 0 Å². The van der Waals surface area contributed by atoms with Gasteiger partial charge in [0.05, 0.1) is 18.5 Å². The molecule has 0 amide bonds. The van der Waals surface area contributed by atoms with Gasteiger partial charge in [-0.05, 0) is 36.2 Å². The van der Waals surface area contributed by atoms with Gasteiger partial charge in [-0.3, -0.25) is 9.71 Å². The maximum absolute atomic E-state index is 13.7. The van der Waals surface area contributed by atoms with E-state index in [0.717, 1.165) is 12.1 Å². The van der Waals surface area contributed by atoms with Gasteiger partial charge in [0.15, 0.2) is 11.6 Å². The summed E-state index contributed by atoms with van der Waals surface area (Å²) in [6.45, 7) is 1.03. The molecule has 0 aliphatic heterocycles. The van der Waals surface area contributed by atoms with Crippen molar-refractivity contribution < 1.29 is 22.3 Å². The molecule has 2 rings (SSSR count). The smallest absolute Gasteiger partial charge is 0.264 e. The molecule has 5 nitrogen and oxygen atoms in total. The normalized spacial score (nSPS) is 11.4. The van der Waals surface area contributed by atoms with Crippen LogP contribution in [0.25, 0.3) is 0 Å². The number of aromatic nitrogens is 1. The minimum absolute atomic E-state index is 0.0443. The number of aliphatic hydroxyl groups is 1. The Balaban J connectivity index is 2.50. The average Bonchev–Trinajstić information content (AvgIpc) is 2.43. The van der Waals surface area contributed by atoms with Gasteiger partial charge in [0.25, 0.3) is 10.0 Å². The van der Waals surface area contributed by atoms with Gasteiger partial charge in [0, 0.05) is 6.20 Å². The lowest BCUT2D eigenvalue weighted by Crippen LogP contribution is -2.16.